The lowest BCUT2D eigenvalue weighted by molar-refractivity contribution is -0.890. The van der Waals surface area contributed by atoms with Crippen LogP contribution in [0.4, 0.5) is 0 Å². The SMILES string of the molecule is CCCCCCCCCCCCCC[N+](C)(C)CCCCCCCCCC[N+](C)(C)CCCCCCCCCCCC. The van der Waals surface area contributed by atoms with Crippen LogP contribution in [0.3, 0.4) is 0 Å². The van der Waals surface area contributed by atoms with Gasteiger partial charge in [0.2, 0.25) is 0 Å². The molecule has 2 nitrogen and oxygen atoms in total. The van der Waals surface area contributed by atoms with Crippen LogP contribution in [0.1, 0.15) is 206 Å². The van der Waals surface area contributed by atoms with E-state index in [-0.39, 0.29) is 0 Å². The molecule has 0 unspecified atom stereocenters. The zero-order valence-corrected chi connectivity index (χ0v) is 30.9. The maximum atomic E-state index is 2.47. The molecule has 2 heteroatoms. The lowest BCUT2D eigenvalue weighted by atomic mass is 10.0. The highest BCUT2D eigenvalue weighted by atomic mass is 15.3. The molecule has 0 spiro atoms. The topological polar surface area (TPSA) is 0 Å². The van der Waals surface area contributed by atoms with Crippen LogP contribution >= 0.6 is 0 Å². The Hall–Kier alpha value is -0.0800. The number of nitrogens with zero attached hydrogens (tertiary/aromatic N) is 2. The second-order valence-electron chi connectivity index (χ2n) is 15.7. The first kappa shape index (κ1) is 41.9. The predicted molar refractivity (Wildman–Crippen MR) is 194 cm³/mol. The van der Waals surface area contributed by atoms with Gasteiger partial charge in [-0.2, -0.15) is 0 Å². The first-order valence-corrected chi connectivity index (χ1v) is 20.0. The molecule has 0 aromatic heterocycles. The molecule has 42 heavy (non-hydrogen) atoms. The van der Waals surface area contributed by atoms with E-state index in [9.17, 15) is 0 Å². The number of rotatable bonds is 35. The summed E-state index contributed by atoms with van der Waals surface area (Å²) >= 11 is 0. The maximum absolute atomic E-state index is 2.47. The monoisotopic (exact) mass is 595 g/mol. The van der Waals surface area contributed by atoms with Crippen LogP contribution < -0.4 is 0 Å². The van der Waals surface area contributed by atoms with Gasteiger partial charge in [-0.1, -0.05) is 155 Å². The summed E-state index contributed by atoms with van der Waals surface area (Å²) in [7, 11) is 9.86. The zero-order valence-electron chi connectivity index (χ0n) is 30.9. The molecule has 0 aliphatic rings. The van der Waals surface area contributed by atoms with Gasteiger partial charge in [0, 0.05) is 0 Å². The van der Waals surface area contributed by atoms with Gasteiger partial charge < -0.3 is 8.97 Å². The summed E-state index contributed by atoms with van der Waals surface area (Å²) < 4.78 is 2.48. The lowest BCUT2D eigenvalue weighted by Crippen LogP contribution is -2.41. The third kappa shape index (κ3) is 32.8. The Kier molecular flexibility index (Phi) is 30.9. The molecule has 0 saturated heterocycles. The van der Waals surface area contributed by atoms with Gasteiger partial charge in [0.25, 0.3) is 0 Å². The molecule has 0 bridgehead atoms. The molecule has 254 valence electrons. The van der Waals surface area contributed by atoms with Gasteiger partial charge in [-0.15, -0.1) is 0 Å². The van der Waals surface area contributed by atoms with Crippen LogP contribution in [0.2, 0.25) is 0 Å². The van der Waals surface area contributed by atoms with E-state index in [0.29, 0.717) is 0 Å². The van der Waals surface area contributed by atoms with Crippen molar-refractivity contribution in [3.05, 3.63) is 0 Å². The average molecular weight is 595 g/mol. The second kappa shape index (κ2) is 30.9. The van der Waals surface area contributed by atoms with E-state index in [4.69, 9.17) is 0 Å². The van der Waals surface area contributed by atoms with E-state index in [1.807, 2.05) is 0 Å². The Balaban J connectivity index is 3.44. The summed E-state index contributed by atoms with van der Waals surface area (Å²) in [4.78, 5) is 0. The van der Waals surface area contributed by atoms with Crippen LogP contribution in [0.25, 0.3) is 0 Å². The summed E-state index contributed by atoms with van der Waals surface area (Å²) in [5, 5.41) is 0. The third-order valence-corrected chi connectivity index (χ3v) is 10.0. The molecule has 0 saturated carbocycles. The van der Waals surface area contributed by atoms with Gasteiger partial charge in [-0.05, 0) is 51.4 Å². The summed E-state index contributed by atoms with van der Waals surface area (Å²) in [5.41, 5.74) is 0. The van der Waals surface area contributed by atoms with Crippen molar-refractivity contribution < 1.29 is 8.97 Å². The summed E-state index contributed by atoms with van der Waals surface area (Å²) in [5.74, 6) is 0. The third-order valence-electron chi connectivity index (χ3n) is 10.0. The number of hydrogen-bond donors (Lipinski definition) is 0. The van der Waals surface area contributed by atoms with Crippen molar-refractivity contribution in [3.63, 3.8) is 0 Å². The quantitative estimate of drug-likeness (QED) is 0.0505. The van der Waals surface area contributed by atoms with Crippen molar-refractivity contribution in [3.8, 4) is 0 Å². The Morgan fingerprint density at radius 1 is 0.214 bits per heavy atom. The van der Waals surface area contributed by atoms with Crippen molar-refractivity contribution in [2.75, 3.05) is 54.4 Å². The molecule has 0 atom stereocenters. The summed E-state index contributed by atoms with van der Waals surface area (Å²) in [6.07, 6.45) is 43.5. The van der Waals surface area contributed by atoms with Gasteiger partial charge in [0.15, 0.2) is 0 Å². The van der Waals surface area contributed by atoms with Gasteiger partial charge in [-0.25, -0.2) is 0 Å². The zero-order chi connectivity index (χ0) is 31.0. The standard InChI is InChI=1S/C40H86N2/c1-7-9-11-13-15-17-19-20-22-26-30-34-38-42(5,6)40-36-32-28-24-23-27-31-35-39-41(3,4)37-33-29-25-21-18-16-14-12-10-8-2/h7-40H2,1-6H3/q+2. The minimum atomic E-state index is 1.24. The Labute approximate surface area is 269 Å². The van der Waals surface area contributed by atoms with E-state index >= 15 is 0 Å². The van der Waals surface area contributed by atoms with Crippen LogP contribution in [0.15, 0.2) is 0 Å². The highest BCUT2D eigenvalue weighted by Gasteiger charge is 2.14. The molecule has 0 aliphatic carbocycles. The number of quaternary nitrogens is 2. The first-order valence-electron chi connectivity index (χ1n) is 20.0. The van der Waals surface area contributed by atoms with Crippen LogP contribution in [-0.2, 0) is 0 Å². The smallest absolute Gasteiger partial charge is 0.0782 e. The second-order valence-corrected chi connectivity index (χ2v) is 15.7. The van der Waals surface area contributed by atoms with Crippen molar-refractivity contribution in [1.29, 1.82) is 0 Å². The van der Waals surface area contributed by atoms with Crippen LogP contribution in [-0.4, -0.2) is 63.3 Å². The van der Waals surface area contributed by atoms with E-state index < -0.39 is 0 Å². The molecule has 0 rings (SSSR count). The van der Waals surface area contributed by atoms with E-state index in [1.165, 1.54) is 228 Å². The fourth-order valence-corrected chi connectivity index (χ4v) is 6.77. The highest BCUT2D eigenvalue weighted by Crippen LogP contribution is 2.16. The van der Waals surface area contributed by atoms with Crippen molar-refractivity contribution in [2.24, 2.45) is 0 Å². The van der Waals surface area contributed by atoms with E-state index in [0.717, 1.165) is 0 Å². The minimum Gasteiger partial charge on any atom is -0.328 e. The van der Waals surface area contributed by atoms with Crippen LogP contribution in [0, 0.1) is 0 Å². The number of hydrogen-bond acceptors (Lipinski definition) is 0. The fourth-order valence-electron chi connectivity index (χ4n) is 6.77. The molecule has 0 fully saturated rings. The first-order chi connectivity index (χ1) is 20.3. The Bertz CT molecular complexity index is 512. The fraction of sp³-hybridized carbons (Fsp3) is 1.00. The van der Waals surface area contributed by atoms with Crippen molar-refractivity contribution in [1.82, 2.24) is 0 Å². The molecule has 0 aromatic rings. The molecular formula is C40H86N2+2. The van der Waals surface area contributed by atoms with Crippen molar-refractivity contribution in [2.45, 2.75) is 206 Å². The van der Waals surface area contributed by atoms with E-state index in [2.05, 4.69) is 42.0 Å². The van der Waals surface area contributed by atoms with Crippen molar-refractivity contribution >= 4 is 0 Å². The van der Waals surface area contributed by atoms with Gasteiger partial charge in [0.1, 0.15) is 0 Å². The van der Waals surface area contributed by atoms with Gasteiger partial charge in [-0.3, -0.25) is 0 Å². The molecule has 0 heterocycles. The largest absolute Gasteiger partial charge is 0.328 e. The van der Waals surface area contributed by atoms with Gasteiger partial charge in [0.05, 0.1) is 54.4 Å². The number of unbranched alkanes of at least 4 members (excludes halogenated alkanes) is 27. The Morgan fingerprint density at radius 2 is 0.357 bits per heavy atom. The van der Waals surface area contributed by atoms with Gasteiger partial charge >= 0.3 is 0 Å². The Morgan fingerprint density at radius 3 is 0.524 bits per heavy atom. The maximum Gasteiger partial charge on any atom is 0.0782 e. The average Bonchev–Trinajstić information content (AvgIpc) is 2.95. The lowest BCUT2D eigenvalue weighted by Gasteiger charge is -2.30. The molecule has 0 amide bonds. The van der Waals surface area contributed by atoms with Crippen LogP contribution in [0.5, 0.6) is 0 Å². The molecule has 0 aromatic carbocycles. The normalized spacial score (nSPS) is 12.4. The molecule has 0 radical (unpaired) electrons. The summed E-state index contributed by atoms with van der Waals surface area (Å²) in [6, 6.07) is 0. The molecular weight excluding hydrogens is 508 g/mol. The minimum absolute atomic E-state index is 1.24. The molecule has 0 N–H and O–H groups in total. The highest BCUT2D eigenvalue weighted by molar-refractivity contribution is 4.52. The molecule has 0 aliphatic heterocycles. The van der Waals surface area contributed by atoms with E-state index in [1.54, 1.807) is 0 Å². The predicted octanol–water partition coefficient (Wildman–Crippen LogP) is 12.9. The summed E-state index contributed by atoms with van der Waals surface area (Å²) in [6.45, 7) is 10.1.